The Morgan fingerprint density at radius 2 is 2.19 bits per heavy atom. The van der Waals surface area contributed by atoms with E-state index in [2.05, 4.69) is 32.3 Å². The van der Waals surface area contributed by atoms with Crippen LogP contribution in [0.5, 0.6) is 0 Å². The van der Waals surface area contributed by atoms with Crippen LogP contribution in [0, 0.1) is 5.92 Å². The lowest BCUT2D eigenvalue weighted by molar-refractivity contribution is -0.130. The summed E-state index contributed by atoms with van der Waals surface area (Å²) in [5.41, 5.74) is 0. The number of nitrogens with one attached hydrogen (secondary N) is 1. The van der Waals surface area contributed by atoms with E-state index in [0.29, 0.717) is 16.6 Å². The molecule has 1 amide bonds. The minimum Gasteiger partial charge on any atom is -0.325 e. The van der Waals surface area contributed by atoms with E-state index in [1.54, 1.807) is 0 Å². The number of amides is 1. The second-order valence-corrected chi connectivity index (χ2v) is 6.69. The van der Waals surface area contributed by atoms with E-state index in [9.17, 15) is 4.79 Å². The van der Waals surface area contributed by atoms with Crippen molar-refractivity contribution in [2.24, 2.45) is 5.92 Å². The molecule has 2 unspecified atom stereocenters. The maximum Gasteiger partial charge on any atom is 0.241 e. The Hall–Kier alpha value is -0.220. The van der Waals surface area contributed by atoms with Crippen LogP contribution in [0.1, 0.15) is 33.6 Å². The SMILES string of the molecule is CSC1(CN2C(=O)C(C(C)C)NC2C)CC1. The van der Waals surface area contributed by atoms with Crippen LogP contribution in [-0.2, 0) is 4.79 Å². The summed E-state index contributed by atoms with van der Waals surface area (Å²) in [7, 11) is 0. The largest absolute Gasteiger partial charge is 0.325 e. The van der Waals surface area contributed by atoms with Gasteiger partial charge >= 0.3 is 0 Å². The summed E-state index contributed by atoms with van der Waals surface area (Å²) < 4.78 is 0.372. The molecule has 1 saturated carbocycles. The summed E-state index contributed by atoms with van der Waals surface area (Å²) in [5, 5.41) is 3.39. The van der Waals surface area contributed by atoms with E-state index in [-0.39, 0.29) is 12.2 Å². The molecule has 0 aromatic carbocycles. The molecule has 4 heteroatoms. The van der Waals surface area contributed by atoms with Crippen LogP contribution in [0.4, 0.5) is 0 Å². The summed E-state index contributed by atoms with van der Waals surface area (Å²) in [5.74, 6) is 0.673. The molecule has 0 aromatic heterocycles. The van der Waals surface area contributed by atoms with E-state index < -0.39 is 0 Å². The highest BCUT2D eigenvalue weighted by Gasteiger charge is 2.48. The molecule has 1 heterocycles. The number of hydrogen-bond acceptors (Lipinski definition) is 3. The fraction of sp³-hybridized carbons (Fsp3) is 0.917. The number of carbonyl (C=O) groups excluding carboxylic acids is 1. The molecule has 2 aliphatic rings. The van der Waals surface area contributed by atoms with Gasteiger partial charge in [-0.05, 0) is 31.9 Å². The van der Waals surface area contributed by atoms with Gasteiger partial charge in [-0.1, -0.05) is 13.8 Å². The summed E-state index contributed by atoms with van der Waals surface area (Å²) in [6.07, 6.45) is 4.88. The van der Waals surface area contributed by atoms with Crippen molar-refractivity contribution in [2.75, 3.05) is 12.8 Å². The van der Waals surface area contributed by atoms with Gasteiger partial charge in [0, 0.05) is 11.3 Å². The Bertz CT molecular complexity index is 289. The van der Waals surface area contributed by atoms with Gasteiger partial charge < -0.3 is 4.90 Å². The van der Waals surface area contributed by atoms with Crippen LogP contribution in [0.25, 0.3) is 0 Å². The molecule has 0 radical (unpaired) electrons. The zero-order chi connectivity index (χ0) is 11.9. The van der Waals surface area contributed by atoms with Crippen molar-refractivity contribution < 1.29 is 4.79 Å². The first-order valence-corrected chi connectivity index (χ1v) is 7.33. The minimum absolute atomic E-state index is 0.0210. The fourth-order valence-corrected chi connectivity index (χ4v) is 3.14. The molecule has 1 aliphatic carbocycles. The molecule has 0 aromatic rings. The third kappa shape index (κ3) is 2.09. The normalized spacial score (nSPS) is 32.6. The zero-order valence-corrected chi connectivity index (χ0v) is 11.4. The zero-order valence-electron chi connectivity index (χ0n) is 10.6. The van der Waals surface area contributed by atoms with Gasteiger partial charge in [0.15, 0.2) is 0 Å². The lowest BCUT2D eigenvalue weighted by Crippen LogP contribution is -2.40. The summed E-state index contributed by atoms with van der Waals surface area (Å²) in [6.45, 7) is 7.22. The molecule has 92 valence electrons. The quantitative estimate of drug-likeness (QED) is 0.814. The highest BCUT2D eigenvalue weighted by molar-refractivity contribution is 8.00. The van der Waals surface area contributed by atoms with Gasteiger partial charge in [-0.15, -0.1) is 0 Å². The van der Waals surface area contributed by atoms with Crippen molar-refractivity contribution in [3.05, 3.63) is 0 Å². The first-order valence-electron chi connectivity index (χ1n) is 6.11. The molecule has 16 heavy (non-hydrogen) atoms. The molecule has 1 N–H and O–H groups in total. The van der Waals surface area contributed by atoms with Crippen molar-refractivity contribution in [3.63, 3.8) is 0 Å². The molecule has 0 spiro atoms. The van der Waals surface area contributed by atoms with E-state index in [4.69, 9.17) is 0 Å². The maximum atomic E-state index is 12.2. The lowest BCUT2D eigenvalue weighted by Gasteiger charge is -2.25. The second-order valence-electron chi connectivity index (χ2n) is 5.42. The van der Waals surface area contributed by atoms with Crippen molar-refractivity contribution in [2.45, 2.75) is 50.6 Å². The number of nitrogens with zero attached hydrogens (tertiary/aromatic N) is 1. The van der Waals surface area contributed by atoms with Gasteiger partial charge in [-0.25, -0.2) is 0 Å². The Labute approximate surface area is 102 Å². The predicted octanol–water partition coefficient (Wildman–Crippen LogP) is 1.68. The van der Waals surface area contributed by atoms with Crippen LogP contribution >= 0.6 is 11.8 Å². The number of rotatable bonds is 4. The minimum atomic E-state index is 0.0210. The Morgan fingerprint density at radius 3 is 2.56 bits per heavy atom. The topological polar surface area (TPSA) is 32.3 Å². The summed E-state index contributed by atoms with van der Waals surface area (Å²) >= 11 is 1.92. The molecular formula is C12H22N2OS. The fourth-order valence-electron chi connectivity index (χ4n) is 2.36. The number of carbonyl (C=O) groups is 1. The number of hydrogen-bond donors (Lipinski definition) is 1. The van der Waals surface area contributed by atoms with Crippen LogP contribution < -0.4 is 5.32 Å². The standard InChI is InChI=1S/C12H22N2OS/c1-8(2)10-11(15)14(9(3)13-10)7-12(16-4)5-6-12/h8-10,13H,5-7H2,1-4H3. The van der Waals surface area contributed by atoms with E-state index >= 15 is 0 Å². The molecule has 1 saturated heterocycles. The van der Waals surface area contributed by atoms with Gasteiger partial charge in [0.2, 0.25) is 5.91 Å². The molecular weight excluding hydrogens is 220 g/mol. The first-order chi connectivity index (χ1) is 7.49. The van der Waals surface area contributed by atoms with E-state index in [1.165, 1.54) is 12.8 Å². The van der Waals surface area contributed by atoms with Crippen molar-refractivity contribution in [1.29, 1.82) is 0 Å². The second kappa shape index (κ2) is 4.22. The van der Waals surface area contributed by atoms with Crippen molar-refractivity contribution >= 4 is 17.7 Å². The molecule has 3 nitrogen and oxygen atoms in total. The monoisotopic (exact) mass is 242 g/mol. The maximum absolute atomic E-state index is 12.2. The molecule has 0 bridgehead atoms. The Kier molecular flexibility index (Phi) is 3.23. The van der Waals surface area contributed by atoms with Gasteiger partial charge in [0.25, 0.3) is 0 Å². The van der Waals surface area contributed by atoms with Crippen LogP contribution in [0.15, 0.2) is 0 Å². The highest BCUT2D eigenvalue weighted by Crippen LogP contribution is 2.48. The van der Waals surface area contributed by atoms with Crippen molar-refractivity contribution in [3.8, 4) is 0 Å². The van der Waals surface area contributed by atoms with Gasteiger partial charge in [0.1, 0.15) is 0 Å². The highest BCUT2D eigenvalue weighted by atomic mass is 32.2. The Balaban J connectivity index is 2.02. The molecule has 2 fully saturated rings. The average Bonchev–Trinajstić information content (AvgIpc) is 2.96. The average molecular weight is 242 g/mol. The van der Waals surface area contributed by atoms with E-state index in [0.717, 1.165) is 6.54 Å². The van der Waals surface area contributed by atoms with E-state index in [1.807, 2.05) is 16.7 Å². The van der Waals surface area contributed by atoms with Gasteiger partial charge in [-0.3, -0.25) is 10.1 Å². The summed E-state index contributed by atoms with van der Waals surface area (Å²) in [4.78, 5) is 14.3. The van der Waals surface area contributed by atoms with Gasteiger partial charge in [0.05, 0.1) is 12.2 Å². The van der Waals surface area contributed by atoms with Crippen LogP contribution in [0.2, 0.25) is 0 Å². The van der Waals surface area contributed by atoms with Gasteiger partial charge in [-0.2, -0.15) is 11.8 Å². The third-order valence-corrected chi connectivity index (χ3v) is 5.21. The molecule has 2 rings (SSSR count). The molecule has 1 aliphatic heterocycles. The lowest BCUT2D eigenvalue weighted by atomic mass is 10.1. The number of thioether (sulfide) groups is 1. The Morgan fingerprint density at radius 1 is 1.56 bits per heavy atom. The first kappa shape index (κ1) is 12.2. The third-order valence-electron chi connectivity index (χ3n) is 3.80. The van der Waals surface area contributed by atoms with Crippen LogP contribution in [0.3, 0.4) is 0 Å². The summed E-state index contributed by atoms with van der Waals surface area (Å²) in [6, 6.07) is 0.0210. The van der Waals surface area contributed by atoms with Crippen molar-refractivity contribution in [1.82, 2.24) is 10.2 Å². The van der Waals surface area contributed by atoms with Crippen LogP contribution in [-0.4, -0.2) is 40.6 Å². The molecule has 2 atom stereocenters. The predicted molar refractivity (Wildman–Crippen MR) is 68.4 cm³/mol. The smallest absolute Gasteiger partial charge is 0.241 e.